The molecule has 0 aliphatic carbocycles. The molecule has 182 valence electrons. The second-order valence-electron chi connectivity index (χ2n) is 9.37. The van der Waals surface area contributed by atoms with Crippen molar-refractivity contribution in [2.75, 3.05) is 4.90 Å². The van der Waals surface area contributed by atoms with Gasteiger partial charge in [0.05, 0.1) is 11.4 Å². The quantitative estimate of drug-likeness (QED) is 0.247. The van der Waals surface area contributed by atoms with Crippen molar-refractivity contribution < 1.29 is 4.42 Å². The predicted octanol–water partition coefficient (Wildman–Crippen LogP) is 8.53. The maximum atomic E-state index is 6.39. The number of rotatable bonds is 3. The molecule has 38 heavy (non-hydrogen) atoms. The molecule has 0 N–H and O–H groups in total. The largest absolute Gasteiger partial charge is 0.460 e. The minimum atomic E-state index is 0.553. The van der Waals surface area contributed by atoms with Gasteiger partial charge in [-0.3, -0.25) is 4.90 Å². The van der Waals surface area contributed by atoms with E-state index in [9.17, 15) is 0 Å². The van der Waals surface area contributed by atoms with E-state index in [2.05, 4.69) is 48.2 Å². The van der Waals surface area contributed by atoms with Gasteiger partial charge in [-0.25, -0.2) is 4.98 Å². The van der Waals surface area contributed by atoms with Crippen LogP contribution in [0.5, 0.6) is 0 Å². The molecule has 0 unspecified atom stereocenters. The molecular weight excluding hydrogens is 468 g/mol. The predicted molar refractivity (Wildman–Crippen MR) is 152 cm³/mol. The second kappa shape index (κ2) is 8.82. The summed E-state index contributed by atoms with van der Waals surface area (Å²) in [6.45, 7) is 4.15. The Kier molecular flexibility index (Phi) is 5.15. The summed E-state index contributed by atoms with van der Waals surface area (Å²) in [5.74, 6) is 3.59. The number of furan rings is 1. The summed E-state index contributed by atoms with van der Waals surface area (Å²) in [6, 6.07) is 36.8. The van der Waals surface area contributed by atoms with Gasteiger partial charge in [-0.1, -0.05) is 91.0 Å². The lowest BCUT2D eigenvalue weighted by atomic mass is 9.98. The Balaban J connectivity index is 1.55. The fourth-order valence-electron chi connectivity index (χ4n) is 5.12. The van der Waals surface area contributed by atoms with Crippen molar-refractivity contribution in [1.82, 2.24) is 15.0 Å². The van der Waals surface area contributed by atoms with Gasteiger partial charge >= 0.3 is 0 Å². The summed E-state index contributed by atoms with van der Waals surface area (Å²) < 4.78 is 6.39. The van der Waals surface area contributed by atoms with Crippen LogP contribution in [0.2, 0.25) is 0 Å². The van der Waals surface area contributed by atoms with Gasteiger partial charge in [0.1, 0.15) is 11.5 Å². The number of para-hydroxylation sites is 2. The van der Waals surface area contributed by atoms with Gasteiger partial charge in [-0.2, -0.15) is 9.97 Å². The molecule has 5 nitrogen and oxygen atoms in total. The molecule has 4 aromatic carbocycles. The number of aromatic nitrogens is 3. The standard InChI is InChI=1S/C33H24N4O/c1-21-22(2)38-30-26-18-10-12-20-28(26)37(27-19-11-9-17-25(27)29(21)30)33-35-31(23-13-5-3-6-14-23)34-32(36-33)24-15-7-4-8-16-24/h3-20H,1-2H3. The Hall–Kier alpha value is -5.03. The van der Waals surface area contributed by atoms with E-state index in [1.165, 1.54) is 0 Å². The first-order valence-electron chi connectivity index (χ1n) is 12.6. The third-order valence-electron chi connectivity index (χ3n) is 7.08. The third kappa shape index (κ3) is 3.51. The van der Waals surface area contributed by atoms with Crippen LogP contribution in [0.15, 0.2) is 114 Å². The van der Waals surface area contributed by atoms with Gasteiger partial charge in [0.15, 0.2) is 11.6 Å². The lowest BCUT2D eigenvalue weighted by Crippen LogP contribution is -2.16. The molecule has 0 saturated heterocycles. The third-order valence-corrected chi connectivity index (χ3v) is 7.08. The molecule has 2 aromatic heterocycles. The normalized spacial score (nSPS) is 11.9. The van der Waals surface area contributed by atoms with E-state index in [4.69, 9.17) is 19.4 Å². The zero-order chi connectivity index (χ0) is 25.6. The van der Waals surface area contributed by atoms with Crippen LogP contribution in [-0.2, 0) is 0 Å². The molecule has 6 aromatic rings. The molecular formula is C33H24N4O. The minimum Gasteiger partial charge on any atom is -0.460 e. The molecule has 1 aliphatic heterocycles. The number of fused-ring (bicyclic) bond motifs is 5. The van der Waals surface area contributed by atoms with Crippen molar-refractivity contribution in [3.05, 3.63) is 121 Å². The number of hydrogen-bond donors (Lipinski definition) is 0. The van der Waals surface area contributed by atoms with Crippen LogP contribution in [0, 0.1) is 13.8 Å². The highest BCUT2D eigenvalue weighted by Crippen LogP contribution is 2.52. The molecule has 5 heteroatoms. The smallest absolute Gasteiger partial charge is 0.238 e. The van der Waals surface area contributed by atoms with Crippen molar-refractivity contribution in [3.8, 4) is 45.2 Å². The maximum absolute atomic E-state index is 6.39. The van der Waals surface area contributed by atoms with Crippen molar-refractivity contribution in [2.45, 2.75) is 13.8 Å². The van der Waals surface area contributed by atoms with E-state index in [1.54, 1.807) is 0 Å². The van der Waals surface area contributed by atoms with Gasteiger partial charge < -0.3 is 4.42 Å². The SMILES string of the molecule is Cc1oc2c(c1C)-c1ccccc1N(c1nc(-c3ccccc3)nc(-c3ccccc3)n1)c1ccccc1-2. The first kappa shape index (κ1) is 22.2. The van der Waals surface area contributed by atoms with Crippen LogP contribution in [0.1, 0.15) is 11.3 Å². The Labute approximate surface area is 221 Å². The first-order chi connectivity index (χ1) is 18.7. The first-order valence-corrected chi connectivity index (χ1v) is 12.6. The molecule has 0 atom stereocenters. The Morgan fingerprint density at radius 3 is 1.66 bits per heavy atom. The van der Waals surface area contributed by atoms with Crippen LogP contribution in [0.25, 0.3) is 45.2 Å². The van der Waals surface area contributed by atoms with E-state index < -0.39 is 0 Å². The molecule has 7 rings (SSSR count). The summed E-state index contributed by atoms with van der Waals surface area (Å²) in [7, 11) is 0. The maximum Gasteiger partial charge on any atom is 0.238 e. The van der Waals surface area contributed by atoms with Crippen molar-refractivity contribution in [2.24, 2.45) is 0 Å². The van der Waals surface area contributed by atoms with Crippen molar-refractivity contribution in [3.63, 3.8) is 0 Å². The van der Waals surface area contributed by atoms with E-state index in [0.717, 1.165) is 56.3 Å². The zero-order valence-corrected chi connectivity index (χ0v) is 21.1. The molecule has 0 radical (unpaired) electrons. The van der Waals surface area contributed by atoms with Gasteiger partial charge in [-0.15, -0.1) is 0 Å². The van der Waals surface area contributed by atoms with Crippen LogP contribution in [0.4, 0.5) is 17.3 Å². The highest BCUT2D eigenvalue weighted by Gasteiger charge is 2.31. The van der Waals surface area contributed by atoms with E-state index in [1.807, 2.05) is 79.7 Å². The minimum absolute atomic E-state index is 0.553. The van der Waals surface area contributed by atoms with Crippen LogP contribution in [0.3, 0.4) is 0 Å². The number of anilines is 3. The highest BCUT2D eigenvalue weighted by atomic mass is 16.3. The van der Waals surface area contributed by atoms with E-state index in [0.29, 0.717) is 17.6 Å². The lowest BCUT2D eigenvalue weighted by molar-refractivity contribution is 0.546. The van der Waals surface area contributed by atoms with Gasteiger partial charge in [0, 0.05) is 27.8 Å². The summed E-state index contributed by atoms with van der Waals surface area (Å²) in [4.78, 5) is 17.1. The van der Waals surface area contributed by atoms with E-state index >= 15 is 0 Å². The molecule has 0 saturated carbocycles. The lowest BCUT2D eigenvalue weighted by Gasteiger charge is -2.25. The average Bonchev–Trinajstić information content (AvgIpc) is 3.21. The number of nitrogens with zero attached hydrogens (tertiary/aromatic N) is 4. The Morgan fingerprint density at radius 2 is 1.05 bits per heavy atom. The monoisotopic (exact) mass is 492 g/mol. The van der Waals surface area contributed by atoms with Gasteiger partial charge in [0.25, 0.3) is 0 Å². The molecule has 0 amide bonds. The van der Waals surface area contributed by atoms with Crippen LogP contribution in [-0.4, -0.2) is 15.0 Å². The fraction of sp³-hybridized carbons (Fsp3) is 0.0606. The zero-order valence-electron chi connectivity index (χ0n) is 21.1. The van der Waals surface area contributed by atoms with E-state index in [-0.39, 0.29) is 0 Å². The number of benzene rings is 4. The number of hydrogen-bond acceptors (Lipinski definition) is 5. The second-order valence-corrected chi connectivity index (χ2v) is 9.37. The summed E-state index contributed by atoms with van der Waals surface area (Å²) >= 11 is 0. The highest BCUT2D eigenvalue weighted by molar-refractivity contribution is 6.01. The molecule has 0 bridgehead atoms. The van der Waals surface area contributed by atoms with Gasteiger partial charge in [0.2, 0.25) is 5.95 Å². The Bertz CT molecular complexity index is 1730. The summed E-state index contributed by atoms with van der Waals surface area (Å²) in [5.41, 5.74) is 8.13. The average molecular weight is 493 g/mol. The molecule has 1 aliphatic rings. The van der Waals surface area contributed by atoms with Crippen molar-refractivity contribution >= 4 is 17.3 Å². The number of aryl methyl sites for hydroxylation is 1. The molecule has 0 fully saturated rings. The van der Waals surface area contributed by atoms with Crippen LogP contribution < -0.4 is 4.90 Å². The van der Waals surface area contributed by atoms with Crippen molar-refractivity contribution in [1.29, 1.82) is 0 Å². The van der Waals surface area contributed by atoms with Gasteiger partial charge in [-0.05, 0) is 37.6 Å². The molecule has 3 heterocycles. The Morgan fingerprint density at radius 1 is 0.553 bits per heavy atom. The molecule has 0 spiro atoms. The summed E-state index contributed by atoms with van der Waals surface area (Å²) in [6.07, 6.45) is 0. The van der Waals surface area contributed by atoms with Crippen LogP contribution >= 0.6 is 0 Å². The fourth-order valence-corrected chi connectivity index (χ4v) is 5.12. The summed E-state index contributed by atoms with van der Waals surface area (Å²) in [5, 5.41) is 0. The topological polar surface area (TPSA) is 55.1 Å².